The predicted octanol–water partition coefficient (Wildman–Crippen LogP) is 5.01. The van der Waals surface area contributed by atoms with Gasteiger partial charge >= 0.3 is 6.09 Å². The zero-order valence-corrected chi connectivity index (χ0v) is 16.8. The second-order valence-electron chi connectivity index (χ2n) is 6.77. The van der Waals surface area contributed by atoms with E-state index in [1.54, 1.807) is 0 Å². The van der Waals surface area contributed by atoms with Gasteiger partial charge in [-0.25, -0.2) is 4.79 Å². The first kappa shape index (κ1) is 17.9. The van der Waals surface area contributed by atoms with E-state index < -0.39 is 0 Å². The van der Waals surface area contributed by atoms with Gasteiger partial charge in [0.25, 0.3) is 0 Å². The lowest BCUT2D eigenvalue weighted by molar-refractivity contribution is 0.0966. The molecule has 1 atom stereocenters. The molecule has 1 aliphatic heterocycles. The van der Waals surface area contributed by atoms with E-state index in [-0.39, 0.29) is 12.1 Å². The summed E-state index contributed by atoms with van der Waals surface area (Å²) in [5.41, 5.74) is 11.1. The molecule has 4 rings (SSSR count). The van der Waals surface area contributed by atoms with Crippen molar-refractivity contribution in [2.75, 3.05) is 18.9 Å². The number of nitrogens with one attached hydrogen (secondary N) is 1. The van der Waals surface area contributed by atoms with Crippen LogP contribution in [0.4, 0.5) is 10.5 Å². The van der Waals surface area contributed by atoms with Crippen LogP contribution in [0.25, 0.3) is 10.9 Å². The number of fused-ring (bicyclic) bond motifs is 3. The van der Waals surface area contributed by atoms with Gasteiger partial charge < -0.3 is 15.5 Å². The van der Waals surface area contributed by atoms with Crippen molar-refractivity contribution in [3.8, 4) is 0 Å². The Hall–Kier alpha value is -2.47. The zero-order chi connectivity index (χ0) is 19.0. The molecule has 0 saturated carbocycles. The fourth-order valence-corrected chi connectivity index (χ4v) is 4.16. The van der Waals surface area contributed by atoms with Crippen LogP contribution < -0.4 is 5.73 Å². The van der Waals surface area contributed by atoms with E-state index in [1.165, 1.54) is 5.56 Å². The Morgan fingerprint density at radius 3 is 2.81 bits per heavy atom. The summed E-state index contributed by atoms with van der Waals surface area (Å²) in [6.07, 6.45) is 1.49. The SMILES string of the molecule is CCOC(=O)N1CCCc2c([nH]c3ccc(N)cc23)C1c1ccc(Br)cc1. The molecule has 6 heteroatoms. The lowest BCUT2D eigenvalue weighted by Gasteiger charge is -2.29. The number of hydrogen-bond donors (Lipinski definition) is 2. The van der Waals surface area contributed by atoms with E-state index in [1.807, 2.05) is 42.2 Å². The molecule has 140 valence electrons. The summed E-state index contributed by atoms with van der Waals surface area (Å²) >= 11 is 3.49. The van der Waals surface area contributed by atoms with Gasteiger partial charge in [-0.2, -0.15) is 0 Å². The summed E-state index contributed by atoms with van der Waals surface area (Å²) in [5, 5.41) is 1.14. The van der Waals surface area contributed by atoms with Crippen LogP contribution in [0.1, 0.15) is 36.2 Å². The first-order valence-electron chi connectivity index (χ1n) is 9.17. The molecule has 0 radical (unpaired) electrons. The molecular weight excluding hydrogens is 406 g/mol. The summed E-state index contributed by atoms with van der Waals surface area (Å²) in [7, 11) is 0. The maximum absolute atomic E-state index is 12.7. The van der Waals surface area contributed by atoms with Crippen LogP contribution >= 0.6 is 15.9 Å². The van der Waals surface area contributed by atoms with E-state index in [0.29, 0.717) is 13.2 Å². The van der Waals surface area contributed by atoms with Gasteiger partial charge in [0, 0.05) is 33.3 Å². The number of nitrogens with zero attached hydrogens (tertiary/aromatic N) is 1. The summed E-state index contributed by atoms with van der Waals surface area (Å²) in [4.78, 5) is 18.1. The van der Waals surface area contributed by atoms with Crippen molar-refractivity contribution in [2.24, 2.45) is 0 Å². The Morgan fingerprint density at radius 1 is 1.30 bits per heavy atom. The Bertz CT molecular complexity index is 981. The quantitative estimate of drug-likeness (QED) is 0.564. The highest BCUT2D eigenvalue weighted by Gasteiger charge is 2.33. The number of rotatable bonds is 2. The van der Waals surface area contributed by atoms with Crippen LogP contribution in [0, 0.1) is 0 Å². The average Bonchev–Trinajstić information content (AvgIpc) is 2.88. The number of halogens is 1. The molecule has 27 heavy (non-hydrogen) atoms. The minimum Gasteiger partial charge on any atom is -0.450 e. The number of hydrogen-bond acceptors (Lipinski definition) is 3. The number of anilines is 1. The van der Waals surface area contributed by atoms with Gasteiger partial charge in [-0.3, -0.25) is 4.90 Å². The van der Waals surface area contributed by atoms with Gasteiger partial charge in [-0.05, 0) is 61.2 Å². The molecular formula is C21H22BrN3O2. The fourth-order valence-electron chi connectivity index (χ4n) is 3.89. The van der Waals surface area contributed by atoms with Gasteiger partial charge in [0.05, 0.1) is 6.61 Å². The minimum absolute atomic E-state index is 0.219. The Balaban J connectivity index is 1.91. The van der Waals surface area contributed by atoms with E-state index >= 15 is 0 Å². The molecule has 0 fully saturated rings. The predicted molar refractivity (Wildman–Crippen MR) is 111 cm³/mol. The summed E-state index contributed by atoms with van der Waals surface area (Å²) in [5.74, 6) is 0. The lowest BCUT2D eigenvalue weighted by Crippen LogP contribution is -2.36. The van der Waals surface area contributed by atoms with Crippen molar-refractivity contribution in [3.05, 3.63) is 63.8 Å². The Labute approximate surface area is 166 Å². The molecule has 0 bridgehead atoms. The van der Waals surface area contributed by atoms with E-state index in [9.17, 15) is 4.79 Å². The minimum atomic E-state index is -0.281. The third-order valence-electron chi connectivity index (χ3n) is 5.06. The molecule has 3 aromatic rings. The molecule has 0 aliphatic carbocycles. The molecule has 5 nitrogen and oxygen atoms in total. The molecule has 2 aromatic carbocycles. The number of aromatic nitrogens is 1. The maximum atomic E-state index is 12.7. The van der Waals surface area contributed by atoms with Crippen LogP contribution in [0.5, 0.6) is 0 Å². The van der Waals surface area contributed by atoms with Gasteiger partial charge in [0.1, 0.15) is 6.04 Å². The van der Waals surface area contributed by atoms with E-state index in [4.69, 9.17) is 10.5 Å². The molecule has 1 aromatic heterocycles. The van der Waals surface area contributed by atoms with Crippen molar-refractivity contribution < 1.29 is 9.53 Å². The van der Waals surface area contributed by atoms with Crippen LogP contribution in [-0.2, 0) is 11.2 Å². The van der Waals surface area contributed by atoms with Crippen molar-refractivity contribution in [2.45, 2.75) is 25.8 Å². The molecule has 2 heterocycles. The zero-order valence-electron chi connectivity index (χ0n) is 15.2. The number of nitrogen functional groups attached to an aromatic ring is 1. The molecule has 0 spiro atoms. The molecule has 1 unspecified atom stereocenters. The number of carbonyl (C=O) groups excluding carboxylic acids is 1. The highest BCUT2D eigenvalue weighted by Crippen LogP contribution is 2.38. The third kappa shape index (κ3) is 3.30. The molecule has 1 amide bonds. The molecule has 0 saturated heterocycles. The first-order valence-corrected chi connectivity index (χ1v) is 9.96. The number of aromatic amines is 1. The third-order valence-corrected chi connectivity index (χ3v) is 5.59. The summed E-state index contributed by atoms with van der Waals surface area (Å²) in [6, 6.07) is 13.8. The Morgan fingerprint density at radius 2 is 2.07 bits per heavy atom. The number of H-pyrrole nitrogens is 1. The smallest absolute Gasteiger partial charge is 0.410 e. The van der Waals surface area contributed by atoms with Gasteiger partial charge in [-0.15, -0.1) is 0 Å². The van der Waals surface area contributed by atoms with E-state index in [2.05, 4.69) is 33.0 Å². The van der Waals surface area contributed by atoms with Crippen molar-refractivity contribution in [1.29, 1.82) is 0 Å². The second kappa shape index (κ2) is 7.27. The normalized spacial score (nSPS) is 16.8. The van der Waals surface area contributed by atoms with Gasteiger partial charge in [-0.1, -0.05) is 28.1 Å². The van der Waals surface area contributed by atoms with Crippen molar-refractivity contribution in [1.82, 2.24) is 9.88 Å². The average molecular weight is 428 g/mol. The summed E-state index contributed by atoms with van der Waals surface area (Å²) in [6.45, 7) is 2.84. The first-order chi connectivity index (χ1) is 13.1. The lowest BCUT2D eigenvalue weighted by atomic mass is 9.98. The van der Waals surface area contributed by atoms with Crippen LogP contribution in [0.3, 0.4) is 0 Å². The van der Waals surface area contributed by atoms with Gasteiger partial charge in [0.2, 0.25) is 0 Å². The fraction of sp³-hybridized carbons (Fsp3) is 0.286. The van der Waals surface area contributed by atoms with Crippen molar-refractivity contribution in [3.63, 3.8) is 0 Å². The van der Waals surface area contributed by atoms with Crippen LogP contribution in [-0.4, -0.2) is 29.1 Å². The standard InChI is InChI=1S/C21H22BrN3O2/c1-2-27-21(26)25-11-3-4-16-17-12-15(23)9-10-18(17)24-19(16)20(25)13-5-7-14(22)8-6-13/h5-10,12,20,24H,2-4,11,23H2,1H3. The topological polar surface area (TPSA) is 71.3 Å². The summed E-state index contributed by atoms with van der Waals surface area (Å²) < 4.78 is 6.37. The Kier molecular flexibility index (Phi) is 4.83. The van der Waals surface area contributed by atoms with Crippen molar-refractivity contribution >= 4 is 38.6 Å². The van der Waals surface area contributed by atoms with Crippen LogP contribution in [0.2, 0.25) is 0 Å². The highest BCUT2D eigenvalue weighted by molar-refractivity contribution is 9.10. The van der Waals surface area contributed by atoms with Crippen LogP contribution in [0.15, 0.2) is 46.9 Å². The number of carbonyl (C=O) groups is 1. The molecule has 3 N–H and O–H groups in total. The number of nitrogens with two attached hydrogens (primary N) is 1. The number of benzene rings is 2. The highest BCUT2D eigenvalue weighted by atomic mass is 79.9. The number of aryl methyl sites for hydroxylation is 1. The number of amides is 1. The molecule has 1 aliphatic rings. The van der Waals surface area contributed by atoms with Gasteiger partial charge in [0.15, 0.2) is 0 Å². The second-order valence-corrected chi connectivity index (χ2v) is 7.69. The monoisotopic (exact) mass is 427 g/mol. The van der Waals surface area contributed by atoms with E-state index in [0.717, 1.165) is 45.2 Å². The number of ether oxygens (including phenoxy) is 1. The maximum Gasteiger partial charge on any atom is 0.410 e. The largest absolute Gasteiger partial charge is 0.450 e.